The third-order valence-electron chi connectivity index (χ3n) is 5.29. The maximum atomic E-state index is 13.1. The Morgan fingerprint density at radius 3 is 2.50 bits per heavy atom. The van der Waals surface area contributed by atoms with Crippen molar-refractivity contribution in [2.24, 2.45) is 0 Å². The van der Waals surface area contributed by atoms with E-state index < -0.39 is 5.54 Å². The quantitative estimate of drug-likeness (QED) is 0.855. The predicted octanol–water partition coefficient (Wildman–Crippen LogP) is 2.55. The predicted molar refractivity (Wildman–Crippen MR) is 98.1 cm³/mol. The van der Waals surface area contributed by atoms with Crippen LogP contribution in [0.25, 0.3) is 0 Å². The van der Waals surface area contributed by atoms with E-state index in [0.717, 1.165) is 57.4 Å². The van der Waals surface area contributed by atoms with Crippen LogP contribution in [0.5, 0.6) is 0 Å². The van der Waals surface area contributed by atoms with Crippen molar-refractivity contribution in [1.82, 2.24) is 15.1 Å². The SMILES string of the molecule is N#CC1(NC(=O)CN2CCN(Cc3ccc(F)cc3Cl)CC2)CCCC1. The number of nitrogens with one attached hydrogen (secondary N) is 1. The van der Waals surface area contributed by atoms with Gasteiger partial charge in [-0.25, -0.2) is 4.39 Å². The molecule has 140 valence electrons. The number of carbonyl (C=O) groups excluding carboxylic acids is 1. The van der Waals surface area contributed by atoms with E-state index in [0.29, 0.717) is 18.1 Å². The Bertz CT molecular complexity index is 691. The minimum Gasteiger partial charge on any atom is -0.337 e. The monoisotopic (exact) mass is 378 g/mol. The lowest BCUT2D eigenvalue weighted by molar-refractivity contribution is -0.124. The Morgan fingerprint density at radius 1 is 1.23 bits per heavy atom. The topological polar surface area (TPSA) is 59.4 Å². The van der Waals surface area contributed by atoms with Crippen molar-refractivity contribution in [3.05, 3.63) is 34.6 Å². The number of rotatable bonds is 5. The van der Waals surface area contributed by atoms with E-state index in [-0.39, 0.29) is 11.7 Å². The van der Waals surface area contributed by atoms with E-state index in [1.54, 1.807) is 6.07 Å². The fraction of sp³-hybridized carbons (Fsp3) is 0.579. The molecule has 1 heterocycles. The van der Waals surface area contributed by atoms with Gasteiger partial charge in [-0.1, -0.05) is 17.7 Å². The molecule has 1 aromatic carbocycles. The Balaban J connectivity index is 1.45. The van der Waals surface area contributed by atoms with Crippen molar-refractivity contribution in [3.8, 4) is 6.07 Å². The summed E-state index contributed by atoms with van der Waals surface area (Å²) in [6.07, 6.45) is 3.50. The van der Waals surface area contributed by atoms with Crippen LogP contribution in [0.2, 0.25) is 5.02 Å². The van der Waals surface area contributed by atoms with Crippen LogP contribution in [0, 0.1) is 17.1 Å². The third kappa shape index (κ3) is 4.73. The molecular weight excluding hydrogens is 355 g/mol. The molecule has 5 nitrogen and oxygen atoms in total. The van der Waals surface area contributed by atoms with Gasteiger partial charge in [0, 0.05) is 37.7 Å². The summed E-state index contributed by atoms with van der Waals surface area (Å²) < 4.78 is 13.1. The summed E-state index contributed by atoms with van der Waals surface area (Å²) in [7, 11) is 0. The molecule has 3 rings (SSSR count). The number of piperazine rings is 1. The average molecular weight is 379 g/mol. The first-order valence-electron chi connectivity index (χ1n) is 9.11. The molecule has 1 saturated carbocycles. The van der Waals surface area contributed by atoms with Crippen molar-refractivity contribution in [1.29, 1.82) is 5.26 Å². The fourth-order valence-electron chi connectivity index (χ4n) is 3.75. The molecule has 1 amide bonds. The van der Waals surface area contributed by atoms with Gasteiger partial charge in [-0.05, 0) is 43.4 Å². The van der Waals surface area contributed by atoms with Crippen LogP contribution >= 0.6 is 11.6 Å². The first-order valence-corrected chi connectivity index (χ1v) is 9.48. The molecule has 0 aromatic heterocycles. The van der Waals surface area contributed by atoms with E-state index in [4.69, 9.17) is 11.6 Å². The molecule has 0 spiro atoms. The molecule has 2 aliphatic rings. The molecule has 1 N–H and O–H groups in total. The standard InChI is InChI=1S/C19H24ClFN4O/c20-17-11-16(21)4-3-15(17)12-24-7-9-25(10-8-24)13-18(26)23-19(14-22)5-1-2-6-19/h3-4,11H,1-2,5-10,12-13H2,(H,23,26). The zero-order valence-electron chi connectivity index (χ0n) is 14.8. The van der Waals surface area contributed by atoms with Gasteiger partial charge >= 0.3 is 0 Å². The summed E-state index contributed by atoms with van der Waals surface area (Å²) in [5.74, 6) is -0.393. The molecule has 26 heavy (non-hydrogen) atoms. The van der Waals surface area contributed by atoms with Crippen LogP contribution < -0.4 is 5.32 Å². The van der Waals surface area contributed by atoms with Gasteiger partial charge in [0.15, 0.2) is 0 Å². The van der Waals surface area contributed by atoms with Crippen LogP contribution in [0.4, 0.5) is 4.39 Å². The molecule has 0 bridgehead atoms. The largest absolute Gasteiger partial charge is 0.337 e. The van der Waals surface area contributed by atoms with Crippen molar-refractivity contribution in [2.45, 2.75) is 37.8 Å². The van der Waals surface area contributed by atoms with Gasteiger partial charge in [-0.15, -0.1) is 0 Å². The molecule has 0 radical (unpaired) electrons. The van der Waals surface area contributed by atoms with E-state index >= 15 is 0 Å². The van der Waals surface area contributed by atoms with Gasteiger partial charge in [0.25, 0.3) is 0 Å². The highest BCUT2D eigenvalue weighted by molar-refractivity contribution is 6.31. The molecular formula is C19H24ClFN4O. The van der Waals surface area contributed by atoms with Gasteiger partial charge in [0.05, 0.1) is 12.6 Å². The van der Waals surface area contributed by atoms with Gasteiger partial charge in [0.2, 0.25) is 5.91 Å². The normalized spacial score (nSPS) is 20.7. The lowest BCUT2D eigenvalue weighted by Gasteiger charge is -2.35. The van der Waals surface area contributed by atoms with Crippen LogP contribution in [0.15, 0.2) is 18.2 Å². The average Bonchev–Trinajstić information content (AvgIpc) is 3.08. The van der Waals surface area contributed by atoms with E-state index in [1.807, 2.05) is 0 Å². The summed E-state index contributed by atoms with van der Waals surface area (Å²) in [4.78, 5) is 16.7. The highest BCUT2D eigenvalue weighted by Gasteiger charge is 2.35. The van der Waals surface area contributed by atoms with Gasteiger partial charge in [-0.3, -0.25) is 14.6 Å². The zero-order valence-corrected chi connectivity index (χ0v) is 15.6. The third-order valence-corrected chi connectivity index (χ3v) is 5.64. The highest BCUT2D eigenvalue weighted by atomic mass is 35.5. The first-order chi connectivity index (χ1) is 12.5. The number of amides is 1. The minimum atomic E-state index is -0.655. The summed E-state index contributed by atoms with van der Waals surface area (Å²) in [5, 5.41) is 12.8. The lowest BCUT2D eigenvalue weighted by Crippen LogP contribution is -2.52. The molecule has 1 aromatic rings. The number of hydrogen-bond donors (Lipinski definition) is 1. The van der Waals surface area contributed by atoms with Crippen molar-refractivity contribution in [2.75, 3.05) is 32.7 Å². The summed E-state index contributed by atoms with van der Waals surface area (Å²) >= 11 is 6.10. The molecule has 1 aliphatic carbocycles. The van der Waals surface area contributed by atoms with Crippen molar-refractivity contribution >= 4 is 17.5 Å². The maximum Gasteiger partial charge on any atom is 0.235 e. The number of carbonyl (C=O) groups is 1. The van der Waals surface area contributed by atoms with Gasteiger partial charge in [-0.2, -0.15) is 5.26 Å². The van der Waals surface area contributed by atoms with Crippen LogP contribution in [-0.2, 0) is 11.3 Å². The Morgan fingerprint density at radius 2 is 1.88 bits per heavy atom. The zero-order chi connectivity index (χ0) is 18.6. The lowest BCUT2D eigenvalue weighted by atomic mass is 10.00. The number of benzene rings is 1. The molecule has 0 atom stereocenters. The van der Waals surface area contributed by atoms with Crippen LogP contribution in [0.3, 0.4) is 0 Å². The molecule has 1 aliphatic heterocycles. The summed E-state index contributed by atoms with van der Waals surface area (Å²) in [6, 6.07) is 6.78. The molecule has 2 fully saturated rings. The Labute approximate surface area is 158 Å². The van der Waals surface area contributed by atoms with E-state index in [9.17, 15) is 14.4 Å². The van der Waals surface area contributed by atoms with Crippen LogP contribution in [0.1, 0.15) is 31.2 Å². The van der Waals surface area contributed by atoms with Gasteiger partial charge in [0.1, 0.15) is 11.4 Å². The van der Waals surface area contributed by atoms with E-state index in [1.165, 1.54) is 12.1 Å². The number of halogens is 2. The number of nitrogens with zero attached hydrogens (tertiary/aromatic N) is 3. The van der Waals surface area contributed by atoms with Gasteiger partial charge < -0.3 is 5.32 Å². The molecule has 7 heteroatoms. The summed E-state index contributed by atoms with van der Waals surface area (Å²) in [6.45, 7) is 4.22. The second-order valence-electron chi connectivity index (χ2n) is 7.24. The van der Waals surface area contributed by atoms with E-state index in [2.05, 4.69) is 21.2 Å². The second kappa shape index (κ2) is 8.34. The summed E-state index contributed by atoms with van der Waals surface area (Å²) in [5.41, 5.74) is 0.259. The Kier molecular flexibility index (Phi) is 6.13. The Hall–Kier alpha value is -1.68. The first kappa shape index (κ1) is 19.1. The van der Waals surface area contributed by atoms with Crippen molar-refractivity contribution in [3.63, 3.8) is 0 Å². The van der Waals surface area contributed by atoms with Crippen molar-refractivity contribution < 1.29 is 9.18 Å². The molecule has 0 unspecified atom stereocenters. The fourth-order valence-corrected chi connectivity index (χ4v) is 3.98. The minimum absolute atomic E-state index is 0.0662. The maximum absolute atomic E-state index is 13.1. The molecule has 1 saturated heterocycles. The van der Waals surface area contributed by atoms with Crippen LogP contribution in [-0.4, -0.2) is 54.0 Å². The number of hydrogen-bond acceptors (Lipinski definition) is 4. The second-order valence-corrected chi connectivity index (χ2v) is 7.64. The number of nitriles is 1. The smallest absolute Gasteiger partial charge is 0.235 e. The highest BCUT2D eigenvalue weighted by Crippen LogP contribution is 2.28.